The number of carbonyl (C=O) groups is 1. The molecule has 21 heavy (non-hydrogen) atoms. The minimum absolute atomic E-state index is 0.243. The van der Waals surface area contributed by atoms with Gasteiger partial charge in [0.25, 0.3) is 0 Å². The molecular formula is C16H16FNO2S. The van der Waals surface area contributed by atoms with Gasteiger partial charge in [-0.1, -0.05) is 12.1 Å². The number of carboxylic acid groups (broad SMARTS) is 1. The van der Waals surface area contributed by atoms with Crippen LogP contribution in [0.15, 0.2) is 36.4 Å². The lowest BCUT2D eigenvalue weighted by Gasteiger charge is -2.19. The van der Waals surface area contributed by atoms with Crippen molar-refractivity contribution in [1.82, 2.24) is 4.90 Å². The molecule has 0 amide bonds. The van der Waals surface area contributed by atoms with E-state index in [2.05, 4.69) is 0 Å². The number of hydrogen-bond donors (Lipinski definition) is 1. The normalized spacial score (nSPS) is 19.0. The smallest absolute Gasteiger partial charge is 0.320 e. The van der Waals surface area contributed by atoms with Gasteiger partial charge in [0, 0.05) is 16.3 Å². The molecule has 0 radical (unpaired) electrons. The van der Waals surface area contributed by atoms with Gasteiger partial charge < -0.3 is 5.11 Å². The van der Waals surface area contributed by atoms with Crippen LogP contribution in [0.25, 0.3) is 10.4 Å². The van der Waals surface area contributed by atoms with Crippen molar-refractivity contribution in [2.75, 3.05) is 6.54 Å². The molecule has 0 aliphatic carbocycles. The summed E-state index contributed by atoms with van der Waals surface area (Å²) in [5, 5.41) is 9.20. The Morgan fingerprint density at radius 2 is 2.24 bits per heavy atom. The van der Waals surface area contributed by atoms with E-state index >= 15 is 0 Å². The Hall–Kier alpha value is -1.72. The number of likely N-dealkylation sites (tertiary alicyclic amines) is 1. The molecule has 1 aromatic carbocycles. The lowest BCUT2D eigenvalue weighted by atomic mass is 10.2. The molecule has 0 spiro atoms. The first-order valence-corrected chi connectivity index (χ1v) is 7.76. The molecule has 2 heterocycles. The van der Waals surface area contributed by atoms with Crippen LogP contribution >= 0.6 is 11.3 Å². The average Bonchev–Trinajstić information content (AvgIpc) is 3.08. The second kappa shape index (κ2) is 5.95. The molecule has 3 nitrogen and oxygen atoms in total. The third-order valence-electron chi connectivity index (χ3n) is 3.78. The molecular weight excluding hydrogens is 289 g/mol. The highest BCUT2D eigenvalue weighted by molar-refractivity contribution is 7.15. The minimum Gasteiger partial charge on any atom is -0.480 e. The summed E-state index contributed by atoms with van der Waals surface area (Å²) in [5.74, 6) is -0.984. The van der Waals surface area contributed by atoms with Crippen LogP contribution in [0.2, 0.25) is 0 Å². The van der Waals surface area contributed by atoms with Gasteiger partial charge in [-0.25, -0.2) is 4.39 Å². The van der Waals surface area contributed by atoms with Gasteiger partial charge in [0.05, 0.1) is 0 Å². The van der Waals surface area contributed by atoms with E-state index in [1.807, 2.05) is 23.1 Å². The van der Waals surface area contributed by atoms with Gasteiger partial charge in [-0.3, -0.25) is 9.69 Å². The number of carboxylic acids is 1. The molecule has 1 aliphatic heterocycles. The highest BCUT2D eigenvalue weighted by Crippen LogP contribution is 2.30. The van der Waals surface area contributed by atoms with Crippen LogP contribution in [-0.2, 0) is 11.3 Å². The fourth-order valence-corrected chi connectivity index (χ4v) is 3.78. The molecule has 1 aliphatic rings. The predicted octanol–water partition coefficient (Wildman–Crippen LogP) is 3.60. The average molecular weight is 305 g/mol. The maximum atomic E-state index is 13.3. The summed E-state index contributed by atoms with van der Waals surface area (Å²) in [6, 6.07) is 10.1. The molecule has 0 saturated carbocycles. The van der Waals surface area contributed by atoms with E-state index in [9.17, 15) is 14.3 Å². The van der Waals surface area contributed by atoms with Crippen LogP contribution < -0.4 is 0 Å². The van der Waals surface area contributed by atoms with E-state index in [1.54, 1.807) is 17.4 Å². The molecule has 1 saturated heterocycles. The molecule has 1 aromatic heterocycles. The lowest BCUT2D eigenvalue weighted by molar-refractivity contribution is -0.142. The van der Waals surface area contributed by atoms with Crippen molar-refractivity contribution in [2.24, 2.45) is 0 Å². The maximum absolute atomic E-state index is 13.3. The summed E-state index contributed by atoms with van der Waals surface area (Å²) in [6.07, 6.45) is 1.65. The Morgan fingerprint density at radius 3 is 3.00 bits per heavy atom. The molecule has 5 heteroatoms. The van der Waals surface area contributed by atoms with Crippen molar-refractivity contribution in [3.8, 4) is 10.4 Å². The van der Waals surface area contributed by atoms with Gasteiger partial charge >= 0.3 is 5.97 Å². The third kappa shape index (κ3) is 3.14. The van der Waals surface area contributed by atoms with Gasteiger partial charge in [0.2, 0.25) is 0 Å². The number of aliphatic carboxylic acids is 1. The second-order valence-electron chi connectivity index (χ2n) is 5.24. The number of benzene rings is 1. The SMILES string of the molecule is O=C(O)[C@@H]1CCCN1Cc1ccc(-c2cccc(F)c2)s1. The van der Waals surface area contributed by atoms with Gasteiger partial charge in [-0.15, -0.1) is 11.3 Å². The zero-order valence-corrected chi connectivity index (χ0v) is 12.3. The zero-order chi connectivity index (χ0) is 14.8. The van der Waals surface area contributed by atoms with Crippen LogP contribution in [-0.4, -0.2) is 28.6 Å². The Balaban J connectivity index is 1.75. The van der Waals surface area contributed by atoms with Crippen molar-refractivity contribution in [3.63, 3.8) is 0 Å². The highest BCUT2D eigenvalue weighted by atomic mass is 32.1. The van der Waals surface area contributed by atoms with Crippen LogP contribution in [0.3, 0.4) is 0 Å². The first kappa shape index (κ1) is 14.2. The van der Waals surface area contributed by atoms with Gasteiger partial charge in [0.1, 0.15) is 11.9 Å². The molecule has 2 aromatic rings. The first-order chi connectivity index (χ1) is 10.1. The van der Waals surface area contributed by atoms with Crippen LogP contribution in [0.5, 0.6) is 0 Å². The van der Waals surface area contributed by atoms with Crippen LogP contribution in [0.1, 0.15) is 17.7 Å². The van der Waals surface area contributed by atoms with Crippen molar-refractivity contribution in [2.45, 2.75) is 25.4 Å². The fraction of sp³-hybridized carbons (Fsp3) is 0.312. The van der Waals surface area contributed by atoms with E-state index < -0.39 is 5.97 Å². The van der Waals surface area contributed by atoms with E-state index in [0.29, 0.717) is 6.54 Å². The number of halogens is 1. The Bertz CT molecular complexity index is 655. The summed E-state index contributed by atoms with van der Waals surface area (Å²) in [7, 11) is 0. The molecule has 1 atom stereocenters. The molecule has 0 bridgehead atoms. The topological polar surface area (TPSA) is 40.5 Å². The first-order valence-electron chi connectivity index (χ1n) is 6.95. The zero-order valence-electron chi connectivity index (χ0n) is 11.5. The summed E-state index contributed by atoms with van der Waals surface area (Å²) in [6.45, 7) is 1.47. The quantitative estimate of drug-likeness (QED) is 0.938. The summed E-state index contributed by atoms with van der Waals surface area (Å²) < 4.78 is 13.3. The highest BCUT2D eigenvalue weighted by Gasteiger charge is 2.30. The van der Waals surface area contributed by atoms with E-state index in [1.165, 1.54) is 12.1 Å². The number of rotatable bonds is 4. The Kier molecular flexibility index (Phi) is 4.03. The Labute approximate surface area is 126 Å². The fourth-order valence-electron chi connectivity index (χ4n) is 2.76. The maximum Gasteiger partial charge on any atom is 0.320 e. The van der Waals surface area contributed by atoms with E-state index in [-0.39, 0.29) is 11.9 Å². The largest absolute Gasteiger partial charge is 0.480 e. The summed E-state index contributed by atoms with van der Waals surface area (Å²) in [4.78, 5) is 15.3. The molecule has 110 valence electrons. The molecule has 0 unspecified atom stereocenters. The molecule has 1 fully saturated rings. The standard InChI is InChI=1S/C16H16FNO2S/c17-12-4-1-3-11(9-12)15-7-6-13(21-15)10-18-8-2-5-14(18)16(19)20/h1,3-4,6-7,9,14H,2,5,8,10H2,(H,19,20)/t14-/m0/s1. The van der Waals surface area contributed by atoms with Crippen LogP contribution in [0.4, 0.5) is 4.39 Å². The lowest BCUT2D eigenvalue weighted by Crippen LogP contribution is -2.35. The van der Waals surface area contributed by atoms with Crippen LogP contribution in [0, 0.1) is 5.82 Å². The number of thiophene rings is 1. The minimum atomic E-state index is -0.741. The van der Waals surface area contributed by atoms with Crippen molar-refractivity contribution in [1.29, 1.82) is 0 Å². The van der Waals surface area contributed by atoms with Crippen molar-refractivity contribution < 1.29 is 14.3 Å². The number of hydrogen-bond acceptors (Lipinski definition) is 3. The van der Waals surface area contributed by atoms with Gasteiger partial charge in [-0.2, -0.15) is 0 Å². The van der Waals surface area contributed by atoms with Gasteiger partial charge in [0.15, 0.2) is 0 Å². The molecule has 1 N–H and O–H groups in total. The predicted molar refractivity (Wildman–Crippen MR) is 80.8 cm³/mol. The van der Waals surface area contributed by atoms with Crippen molar-refractivity contribution >= 4 is 17.3 Å². The van der Waals surface area contributed by atoms with Crippen molar-refractivity contribution in [3.05, 3.63) is 47.1 Å². The van der Waals surface area contributed by atoms with E-state index in [4.69, 9.17) is 0 Å². The third-order valence-corrected chi connectivity index (χ3v) is 4.90. The number of nitrogens with zero attached hydrogens (tertiary/aromatic N) is 1. The Morgan fingerprint density at radius 1 is 1.38 bits per heavy atom. The summed E-state index contributed by atoms with van der Waals surface area (Å²) >= 11 is 1.59. The van der Waals surface area contributed by atoms with E-state index in [0.717, 1.165) is 34.7 Å². The summed E-state index contributed by atoms with van der Waals surface area (Å²) in [5.41, 5.74) is 0.863. The second-order valence-corrected chi connectivity index (χ2v) is 6.41. The molecule has 3 rings (SSSR count). The van der Waals surface area contributed by atoms with Gasteiger partial charge in [-0.05, 0) is 49.2 Å². The monoisotopic (exact) mass is 305 g/mol.